The van der Waals surface area contributed by atoms with Crippen LogP contribution >= 0.6 is 11.6 Å². The third-order valence-corrected chi connectivity index (χ3v) is 7.30. The first-order valence-corrected chi connectivity index (χ1v) is 9.60. The van der Waals surface area contributed by atoms with E-state index in [1.54, 1.807) is 11.8 Å². The van der Waals surface area contributed by atoms with Crippen molar-refractivity contribution in [3.05, 3.63) is 11.3 Å². The number of hydrogen-bond acceptors (Lipinski definition) is 4. The first-order chi connectivity index (χ1) is 10.3. The molecule has 2 amide bonds. The number of amides is 2. The van der Waals surface area contributed by atoms with Gasteiger partial charge in [-0.3, -0.25) is 14.5 Å². The van der Waals surface area contributed by atoms with E-state index in [0.29, 0.717) is 12.1 Å². The quantitative estimate of drug-likeness (QED) is 0.521. The van der Waals surface area contributed by atoms with Gasteiger partial charge in [0.2, 0.25) is 5.91 Å². The SMILES string of the molecule is CC1=C(C(=O)N2CCCCC2C)N2C(=O)[C@H](Cl)C2S(=O)(=O)C1. The van der Waals surface area contributed by atoms with Crippen LogP contribution in [0.25, 0.3) is 0 Å². The van der Waals surface area contributed by atoms with E-state index in [0.717, 1.165) is 24.2 Å². The summed E-state index contributed by atoms with van der Waals surface area (Å²) in [5.74, 6) is -0.961. The van der Waals surface area contributed by atoms with Crippen LogP contribution < -0.4 is 0 Å². The van der Waals surface area contributed by atoms with Crippen molar-refractivity contribution in [2.75, 3.05) is 12.3 Å². The van der Waals surface area contributed by atoms with Crippen molar-refractivity contribution in [1.29, 1.82) is 0 Å². The van der Waals surface area contributed by atoms with E-state index in [1.165, 1.54) is 0 Å². The largest absolute Gasteiger partial charge is 0.335 e. The highest BCUT2D eigenvalue weighted by Gasteiger charge is 2.59. The Bertz CT molecular complexity index is 672. The Morgan fingerprint density at radius 3 is 2.64 bits per heavy atom. The molecule has 2 fully saturated rings. The molecule has 3 aliphatic rings. The summed E-state index contributed by atoms with van der Waals surface area (Å²) >= 11 is 5.87. The van der Waals surface area contributed by atoms with Crippen molar-refractivity contribution < 1.29 is 18.0 Å². The first-order valence-electron chi connectivity index (χ1n) is 7.45. The highest BCUT2D eigenvalue weighted by atomic mass is 35.5. The number of carbonyl (C=O) groups is 2. The van der Waals surface area contributed by atoms with Gasteiger partial charge in [-0.15, -0.1) is 11.6 Å². The minimum atomic E-state index is -3.52. The maximum atomic E-state index is 12.9. The molecule has 0 aromatic rings. The second-order valence-corrected chi connectivity index (χ2v) is 8.85. The van der Waals surface area contributed by atoms with Gasteiger partial charge in [0.1, 0.15) is 11.1 Å². The van der Waals surface area contributed by atoms with Crippen LogP contribution in [0.3, 0.4) is 0 Å². The third-order valence-electron chi connectivity index (χ3n) is 4.68. The number of hydrogen-bond donors (Lipinski definition) is 0. The van der Waals surface area contributed by atoms with Gasteiger partial charge in [-0.2, -0.15) is 0 Å². The lowest BCUT2D eigenvalue weighted by Gasteiger charge is -2.48. The van der Waals surface area contributed by atoms with Gasteiger partial charge in [0.15, 0.2) is 15.2 Å². The van der Waals surface area contributed by atoms with Crippen LogP contribution in [-0.4, -0.2) is 59.1 Å². The number of nitrogens with zero attached hydrogens (tertiary/aromatic N) is 2. The van der Waals surface area contributed by atoms with Gasteiger partial charge >= 0.3 is 0 Å². The normalized spacial score (nSPS) is 34.3. The molecule has 3 heterocycles. The smallest absolute Gasteiger partial charge is 0.270 e. The summed E-state index contributed by atoms with van der Waals surface area (Å²) in [6.07, 6.45) is 2.93. The molecular weight excluding hydrogens is 328 g/mol. The Morgan fingerprint density at radius 1 is 1.32 bits per heavy atom. The van der Waals surface area contributed by atoms with E-state index in [-0.39, 0.29) is 23.4 Å². The average molecular weight is 347 g/mol. The molecule has 3 atom stereocenters. The molecule has 122 valence electrons. The summed E-state index contributed by atoms with van der Waals surface area (Å²) in [4.78, 5) is 27.7. The second-order valence-electron chi connectivity index (χ2n) is 6.28. The van der Waals surface area contributed by atoms with Crippen molar-refractivity contribution in [3.8, 4) is 0 Å². The van der Waals surface area contributed by atoms with Gasteiger partial charge in [-0.1, -0.05) is 0 Å². The Morgan fingerprint density at radius 2 is 2.00 bits per heavy atom. The predicted molar refractivity (Wildman–Crippen MR) is 81.8 cm³/mol. The molecule has 0 radical (unpaired) electrons. The second kappa shape index (κ2) is 5.23. The molecule has 3 rings (SSSR count). The lowest BCUT2D eigenvalue weighted by molar-refractivity contribution is -0.144. The molecule has 8 heteroatoms. The van der Waals surface area contributed by atoms with Crippen LogP contribution in [0.1, 0.15) is 33.1 Å². The van der Waals surface area contributed by atoms with E-state index in [9.17, 15) is 18.0 Å². The van der Waals surface area contributed by atoms with Crippen LogP contribution in [0.2, 0.25) is 0 Å². The number of β-lactam (4-membered cyclic amide) rings is 1. The minimum absolute atomic E-state index is 0.0988. The molecule has 22 heavy (non-hydrogen) atoms. The lowest BCUT2D eigenvalue weighted by Crippen LogP contribution is -2.68. The number of carbonyl (C=O) groups excluding carboxylic acids is 2. The molecule has 0 saturated carbocycles. The maximum Gasteiger partial charge on any atom is 0.270 e. The first kappa shape index (κ1) is 15.8. The summed E-state index contributed by atoms with van der Waals surface area (Å²) in [7, 11) is -3.52. The summed E-state index contributed by atoms with van der Waals surface area (Å²) in [5, 5.41) is -2.18. The van der Waals surface area contributed by atoms with Crippen LogP contribution in [0.15, 0.2) is 11.3 Å². The van der Waals surface area contributed by atoms with Crippen LogP contribution in [0, 0.1) is 0 Å². The highest BCUT2D eigenvalue weighted by Crippen LogP contribution is 2.40. The Balaban J connectivity index is 1.98. The van der Waals surface area contributed by atoms with Crippen molar-refractivity contribution in [2.45, 2.75) is 49.9 Å². The summed E-state index contributed by atoms with van der Waals surface area (Å²) < 4.78 is 24.4. The van der Waals surface area contributed by atoms with Gasteiger partial charge < -0.3 is 4.90 Å². The number of halogens is 1. The van der Waals surface area contributed by atoms with Gasteiger partial charge in [-0.25, -0.2) is 8.42 Å². The zero-order chi connectivity index (χ0) is 16.2. The Hall–Kier alpha value is -1.08. The van der Waals surface area contributed by atoms with Gasteiger partial charge in [0, 0.05) is 12.6 Å². The van der Waals surface area contributed by atoms with E-state index < -0.39 is 26.5 Å². The molecule has 0 aliphatic carbocycles. The van der Waals surface area contributed by atoms with Crippen LogP contribution in [-0.2, 0) is 19.4 Å². The van der Waals surface area contributed by atoms with Crippen LogP contribution in [0.4, 0.5) is 0 Å². The number of alkyl halides is 1. The topological polar surface area (TPSA) is 74.8 Å². The Labute approximate surface area is 135 Å². The molecular formula is C14H19ClN2O4S. The van der Waals surface area contributed by atoms with Gasteiger partial charge in [0.05, 0.1) is 5.75 Å². The predicted octanol–water partition coefficient (Wildman–Crippen LogP) is 0.865. The fourth-order valence-corrected chi connectivity index (χ4v) is 6.10. The lowest BCUT2D eigenvalue weighted by atomic mass is 10.0. The number of fused-ring (bicyclic) bond motifs is 1. The number of sulfone groups is 1. The fraction of sp³-hybridized carbons (Fsp3) is 0.714. The van der Waals surface area contributed by atoms with Crippen molar-refractivity contribution in [2.24, 2.45) is 0 Å². The summed E-state index contributed by atoms with van der Waals surface area (Å²) in [5.41, 5.74) is 0.645. The van der Waals surface area contributed by atoms with Gasteiger partial charge in [-0.05, 0) is 38.7 Å². The average Bonchev–Trinajstić information content (AvgIpc) is 2.45. The third kappa shape index (κ3) is 2.17. The molecule has 0 N–H and O–H groups in total. The zero-order valence-electron chi connectivity index (χ0n) is 12.6. The van der Waals surface area contributed by atoms with Crippen molar-refractivity contribution >= 4 is 33.3 Å². The van der Waals surface area contributed by atoms with Gasteiger partial charge in [0.25, 0.3) is 5.91 Å². The van der Waals surface area contributed by atoms with Crippen LogP contribution in [0.5, 0.6) is 0 Å². The molecule has 2 unspecified atom stereocenters. The number of likely N-dealkylation sites (tertiary alicyclic amines) is 1. The molecule has 0 aromatic carbocycles. The fourth-order valence-electron chi connectivity index (χ4n) is 3.49. The molecule has 2 saturated heterocycles. The molecule has 3 aliphatic heterocycles. The molecule has 0 bridgehead atoms. The molecule has 6 nitrogen and oxygen atoms in total. The standard InChI is InChI=1S/C14H19ClN2O4S/c1-8-7-22(20,21)14-10(15)12(18)17(14)11(8)13(19)16-6-4-3-5-9(16)2/h9-10,14H,3-7H2,1-2H3/t9?,10-,14?/m0/s1. The monoisotopic (exact) mass is 346 g/mol. The zero-order valence-corrected chi connectivity index (χ0v) is 14.2. The van der Waals surface area contributed by atoms with E-state index >= 15 is 0 Å². The number of rotatable bonds is 1. The summed E-state index contributed by atoms with van der Waals surface area (Å²) in [6, 6.07) is 0.0988. The Kier molecular flexibility index (Phi) is 3.76. The minimum Gasteiger partial charge on any atom is -0.335 e. The van der Waals surface area contributed by atoms with E-state index in [1.807, 2.05) is 6.92 Å². The highest BCUT2D eigenvalue weighted by molar-refractivity contribution is 7.92. The van der Waals surface area contributed by atoms with Crippen molar-refractivity contribution in [3.63, 3.8) is 0 Å². The molecule has 0 spiro atoms. The number of piperidine rings is 1. The van der Waals surface area contributed by atoms with E-state index in [4.69, 9.17) is 11.6 Å². The van der Waals surface area contributed by atoms with Crippen molar-refractivity contribution in [1.82, 2.24) is 9.80 Å². The maximum absolute atomic E-state index is 12.9. The van der Waals surface area contributed by atoms with E-state index in [2.05, 4.69) is 0 Å². The summed E-state index contributed by atoms with van der Waals surface area (Å²) in [6.45, 7) is 4.22. The molecule has 0 aromatic heterocycles.